The van der Waals surface area contributed by atoms with Gasteiger partial charge in [0.25, 0.3) is 11.7 Å². The van der Waals surface area contributed by atoms with Crippen molar-refractivity contribution in [3.8, 4) is 17.2 Å². The molecule has 0 aliphatic carbocycles. The number of amides is 1. The second-order valence-corrected chi connectivity index (χ2v) is 7.60. The van der Waals surface area contributed by atoms with Crippen LogP contribution in [-0.4, -0.2) is 48.0 Å². The molecule has 1 atom stereocenters. The molecule has 3 aromatic rings. The van der Waals surface area contributed by atoms with Gasteiger partial charge in [0, 0.05) is 30.1 Å². The molecule has 8 heteroatoms. The van der Waals surface area contributed by atoms with Gasteiger partial charge < -0.3 is 24.2 Å². The minimum Gasteiger partial charge on any atom is -0.507 e. The molecule has 2 aromatic carbocycles. The van der Waals surface area contributed by atoms with Crippen LogP contribution in [0.1, 0.15) is 22.7 Å². The van der Waals surface area contributed by atoms with Crippen molar-refractivity contribution in [1.82, 2.24) is 9.88 Å². The number of rotatable bonds is 7. The summed E-state index contributed by atoms with van der Waals surface area (Å²) < 4.78 is 16.2. The normalized spacial score (nSPS) is 17.0. The molecule has 8 nitrogen and oxygen atoms in total. The number of carbonyl (C=O) groups excluding carboxylic acids is 2. The number of methoxy groups -OCH3 is 3. The Morgan fingerprint density at radius 3 is 2.35 bits per heavy atom. The summed E-state index contributed by atoms with van der Waals surface area (Å²) in [5, 5.41) is 11.2. The van der Waals surface area contributed by atoms with E-state index < -0.39 is 17.7 Å². The summed E-state index contributed by atoms with van der Waals surface area (Å²) >= 11 is 0. The molecule has 0 bridgehead atoms. The number of pyridine rings is 1. The standard InChI is InChI=1S/C26H24N2O6/c1-32-18-11-9-17(10-12-18)23(29)21-22(19-7-4-8-20(33-2)25(19)34-3)28(26(31)24(21)30)15-16-6-5-13-27-14-16/h4-14,22,29H,15H2,1-3H3/t22-/m1/s1. The van der Waals surface area contributed by atoms with Crippen LogP contribution in [-0.2, 0) is 16.1 Å². The fourth-order valence-corrected chi connectivity index (χ4v) is 4.09. The molecule has 1 aliphatic heterocycles. The molecule has 0 saturated carbocycles. The second kappa shape index (κ2) is 9.66. The molecule has 1 N–H and O–H groups in total. The monoisotopic (exact) mass is 460 g/mol. The quantitative estimate of drug-likeness (QED) is 0.326. The number of ketones is 1. The van der Waals surface area contributed by atoms with Gasteiger partial charge >= 0.3 is 0 Å². The summed E-state index contributed by atoms with van der Waals surface area (Å²) in [6.45, 7) is 0.114. The molecule has 1 fully saturated rings. The van der Waals surface area contributed by atoms with Crippen molar-refractivity contribution >= 4 is 17.4 Å². The fourth-order valence-electron chi connectivity index (χ4n) is 4.09. The number of hydrogen-bond acceptors (Lipinski definition) is 7. The molecule has 4 rings (SSSR count). The van der Waals surface area contributed by atoms with Crippen molar-refractivity contribution in [2.45, 2.75) is 12.6 Å². The van der Waals surface area contributed by atoms with Crippen LogP contribution >= 0.6 is 0 Å². The van der Waals surface area contributed by atoms with Crippen LogP contribution in [0.25, 0.3) is 5.76 Å². The highest BCUT2D eigenvalue weighted by Crippen LogP contribution is 2.46. The first-order valence-corrected chi connectivity index (χ1v) is 10.5. The van der Waals surface area contributed by atoms with Gasteiger partial charge in [-0.3, -0.25) is 14.6 Å². The summed E-state index contributed by atoms with van der Waals surface area (Å²) in [6, 6.07) is 14.5. The van der Waals surface area contributed by atoms with E-state index in [1.54, 1.807) is 60.9 Å². The Morgan fingerprint density at radius 2 is 1.74 bits per heavy atom. The van der Waals surface area contributed by atoms with Crippen LogP contribution < -0.4 is 14.2 Å². The van der Waals surface area contributed by atoms with Crippen LogP contribution in [0, 0.1) is 0 Å². The number of carbonyl (C=O) groups is 2. The number of aliphatic hydroxyl groups excluding tert-OH is 1. The number of likely N-dealkylation sites (tertiary alicyclic amines) is 1. The first-order valence-electron chi connectivity index (χ1n) is 10.5. The van der Waals surface area contributed by atoms with Crippen molar-refractivity contribution in [3.05, 3.63) is 89.3 Å². The van der Waals surface area contributed by atoms with Gasteiger partial charge in [0.15, 0.2) is 11.5 Å². The summed E-state index contributed by atoms with van der Waals surface area (Å²) in [5.41, 5.74) is 1.60. The van der Waals surface area contributed by atoms with Crippen LogP contribution in [0.4, 0.5) is 0 Å². The number of hydrogen-bond donors (Lipinski definition) is 1. The molecule has 1 aliphatic rings. The largest absolute Gasteiger partial charge is 0.507 e. The lowest BCUT2D eigenvalue weighted by atomic mass is 9.94. The molecule has 174 valence electrons. The van der Waals surface area contributed by atoms with Crippen LogP contribution in [0.15, 0.2) is 72.6 Å². The van der Waals surface area contributed by atoms with Crippen molar-refractivity contribution in [1.29, 1.82) is 0 Å². The number of aromatic nitrogens is 1. The molecule has 0 spiro atoms. The highest BCUT2D eigenvalue weighted by Gasteiger charge is 2.47. The first kappa shape index (κ1) is 22.8. The third-order valence-corrected chi connectivity index (χ3v) is 5.71. The van der Waals surface area contributed by atoms with Crippen molar-refractivity contribution < 1.29 is 28.9 Å². The third kappa shape index (κ3) is 4.05. The zero-order chi connectivity index (χ0) is 24.2. The van der Waals surface area contributed by atoms with E-state index in [4.69, 9.17) is 14.2 Å². The Morgan fingerprint density at radius 1 is 0.971 bits per heavy atom. The number of Topliss-reactive ketones (excluding diaryl/α,β-unsaturated/α-hetero) is 1. The number of benzene rings is 2. The van der Waals surface area contributed by atoms with Crippen LogP contribution in [0.5, 0.6) is 17.2 Å². The van der Waals surface area contributed by atoms with E-state index in [0.717, 1.165) is 5.56 Å². The van der Waals surface area contributed by atoms with Crippen LogP contribution in [0.3, 0.4) is 0 Å². The topological polar surface area (TPSA) is 98.2 Å². The van der Waals surface area contributed by atoms with Gasteiger partial charge in [-0.25, -0.2) is 0 Å². The predicted molar refractivity (Wildman–Crippen MR) is 125 cm³/mol. The Hall–Kier alpha value is -4.33. The molecular weight excluding hydrogens is 436 g/mol. The average molecular weight is 460 g/mol. The van der Waals surface area contributed by atoms with Gasteiger partial charge in [0.05, 0.1) is 32.9 Å². The van der Waals surface area contributed by atoms with Crippen molar-refractivity contribution in [2.75, 3.05) is 21.3 Å². The summed E-state index contributed by atoms with van der Waals surface area (Å²) in [4.78, 5) is 32.0. The lowest BCUT2D eigenvalue weighted by molar-refractivity contribution is -0.140. The van der Waals surface area contributed by atoms with Crippen molar-refractivity contribution in [2.24, 2.45) is 0 Å². The van der Waals surface area contributed by atoms with Gasteiger partial charge in [-0.05, 0) is 42.0 Å². The zero-order valence-corrected chi connectivity index (χ0v) is 19.0. The fraction of sp³-hybridized carbons (Fsp3) is 0.192. The van der Waals surface area contributed by atoms with Crippen molar-refractivity contribution in [3.63, 3.8) is 0 Å². The van der Waals surface area contributed by atoms with E-state index in [2.05, 4.69) is 4.98 Å². The lowest BCUT2D eigenvalue weighted by Gasteiger charge is -2.27. The predicted octanol–water partition coefficient (Wildman–Crippen LogP) is 3.73. The van der Waals surface area contributed by atoms with Gasteiger partial charge in [-0.1, -0.05) is 18.2 Å². The Labute approximate surface area is 197 Å². The number of aliphatic hydroxyl groups is 1. The van der Waals surface area contributed by atoms with Gasteiger partial charge in [0.1, 0.15) is 11.5 Å². The smallest absolute Gasteiger partial charge is 0.295 e. The van der Waals surface area contributed by atoms with Gasteiger partial charge in [-0.15, -0.1) is 0 Å². The van der Waals surface area contributed by atoms with E-state index >= 15 is 0 Å². The second-order valence-electron chi connectivity index (χ2n) is 7.60. The van der Waals surface area contributed by atoms with Gasteiger partial charge in [-0.2, -0.15) is 0 Å². The Bertz CT molecular complexity index is 1240. The maximum Gasteiger partial charge on any atom is 0.295 e. The minimum atomic E-state index is -0.910. The lowest BCUT2D eigenvalue weighted by Crippen LogP contribution is -2.29. The summed E-state index contributed by atoms with van der Waals surface area (Å²) in [7, 11) is 4.53. The molecular formula is C26H24N2O6. The molecule has 1 amide bonds. The zero-order valence-electron chi connectivity index (χ0n) is 19.0. The average Bonchev–Trinajstić information content (AvgIpc) is 3.13. The summed E-state index contributed by atoms with van der Waals surface area (Å²) in [5.74, 6) is -0.393. The minimum absolute atomic E-state index is 0.0365. The van der Waals surface area contributed by atoms with E-state index in [-0.39, 0.29) is 17.9 Å². The highest BCUT2D eigenvalue weighted by molar-refractivity contribution is 6.46. The number of nitrogens with zero attached hydrogens (tertiary/aromatic N) is 2. The number of ether oxygens (including phenoxy) is 3. The molecule has 1 saturated heterocycles. The van der Waals surface area contributed by atoms with Gasteiger partial charge in [0.2, 0.25) is 0 Å². The molecule has 34 heavy (non-hydrogen) atoms. The maximum atomic E-state index is 13.3. The van der Waals surface area contributed by atoms with E-state index in [1.165, 1.54) is 26.2 Å². The van der Waals surface area contributed by atoms with E-state index in [0.29, 0.717) is 28.4 Å². The molecule has 2 heterocycles. The Kier molecular flexibility index (Phi) is 6.49. The van der Waals surface area contributed by atoms with E-state index in [1.807, 2.05) is 6.07 Å². The molecule has 1 aromatic heterocycles. The van der Waals surface area contributed by atoms with E-state index in [9.17, 15) is 14.7 Å². The molecule has 0 radical (unpaired) electrons. The summed E-state index contributed by atoms with van der Waals surface area (Å²) in [6.07, 6.45) is 3.26. The first-order chi connectivity index (χ1) is 16.5. The Balaban J connectivity index is 1.92. The highest BCUT2D eigenvalue weighted by atomic mass is 16.5. The molecule has 0 unspecified atom stereocenters. The SMILES string of the molecule is COc1ccc(C(O)=C2C(=O)C(=O)N(Cc3cccnc3)[C@@H]2c2cccc(OC)c2OC)cc1. The number of para-hydroxylation sites is 1. The van der Waals surface area contributed by atoms with Crippen LogP contribution in [0.2, 0.25) is 0 Å². The maximum absolute atomic E-state index is 13.3. The third-order valence-electron chi connectivity index (χ3n) is 5.71.